The number of hydrogen-bond acceptors (Lipinski definition) is 4. The van der Waals surface area contributed by atoms with E-state index >= 15 is 0 Å². The first-order chi connectivity index (χ1) is 10.1. The summed E-state index contributed by atoms with van der Waals surface area (Å²) in [7, 11) is 1.56. The van der Waals surface area contributed by atoms with Crippen LogP contribution in [-0.2, 0) is 0 Å². The Balaban J connectivity index is 2.05. The van der Waals surface area contributed by atoms with Crippen molar-refractivity contribution < 1.29 is 19.4 Å². The summed E-state index contributed by atoms with van der Waals surface area (Å²) >= 11 is 0. The fourth-order valence-corrected chi connectivity index (χ4v) is 1.88. The van der Waals surface area contributed by atoms with E-state index in [4.69, 9.17) is 9.84 Å². The number of para-hydroxylation sites is 1. The first kappa shape index (κ1) is 14.6. The summed E-state index contributed by atoms with van der Waals surface area (Å²) in [4.78, 5) is 23.1. The van der Waals surface area contributed by atoms with Crippen molar-refractivity contribution in [1.29, 1.82) is 0 Å². The average Bonchev–Trinajstić information content (AvgIpc) is 2.52. The number of aromatic carboxylic acids is 1. The van der Waals surface area contributed by atoms with Gasteiger partial charge in [0.15, 0.2) is 5.78 Å². The quantitative estimate of drug-likeness (QED) is 0.798. The minimum atomic E-state index is -1.03. The molecule has 0 spiro atoms. The zero-order valence-corrected chi connectivity index (χ0v) is 11.5. The van der Waals surface area contributed by atoms with Gasteiger partial charge >= 0.3 is 5.97 Å². The summed E-state index contributed by atoms with van der Waals surface area (Å²) in [5, 5.41) is 11.9. The smallest absolute Gasteiger partial charge is 0.337 e. The standard InChI is InChI=1S/C16H15NO4/c1-21-12-8-6-11(7-9-12)15(18)10-17-14-5-3-2-4-13(14)16(19)20/h2-9,17H,10H2,1H3,(H,19,20). The van der Waals surface area contributed by atoms with Gasteiger partial charge in [0.05, 0.1) is 19.2 Å². The van der Waals surface area contributed by atoms with Crippen LogP contribution in [-0.4, -0.2) is 30.5 Å². The van der Waals surface area contributed by atoms with Gasteiger partial charge < -0.3 is 15.2 Å². The van der Waals surface area contributed by atoms with E-state index in [0.29, 0.717) is 17.0 Å². The van der Waals surface area contributed by atoms with Gasteiger partial charge in [-0.2, -0.15) is 0 Å². The lowest BCUT2D eigenvalue weighted by Gasteiger charge is -2.09. The average molecular weight is 285 g/mol. The Bertz CT molecular complexity index is 650. The van der Waals surface area contributed by atoms with E-state index in [1.54, 1.807) is 49.6 Å². The molecule has 0 aromatic heterocycles. The highest BCUT2D eigenvalue weighted by Gasteiger charge is 2.11. The Morgan fingerprint density at radius 2 is 1.76 bits per heavy atom. The fraction of sp³-hybridized carbons (Fsp3) is 0.125. The lowest BCUT2D eigenvalue weighted by Crippen LogP contribution is -2.15. The summed E-state index contributed by atoms with van der Waals surface area (Å²) in [5.74, 6) is -0.483. The van der Waals surface area contributed by atoms with Crippen LogP contribution in [0.25, 0.3) is 0 Å². The van der Waals surface area contributed by atoms with Crippen LogP contribution in [0.5, 0.6) is 5.75 Å². The van der Waals surface area contributed by atoms with Gasteiger partial charge in [-0.25, -0.2) is 4.79 Å². The van der Waals surface area contributed by atoms with Gasteiger partial charge in [-0.3, -0.25) is 4.79 Å². The van der Waals surface area contributed by atoms with Gasteiger partial charge in [0, 0.05) is 11.3 Å². The van der Waals surface area contributed by atoms with Crippen molar-refractivity contribution in [3.8, 4) is 5.75 Å². The van der Waals surface area contributed by atoms with Gasteiger partial charge in [-0.1, -0.05) is 12.1 Å². The van der Waals surface area contributed by atoms with Crippen molar-refractivity contribution in [2.75, 3.05) is 19.0 Å². The number of carboxylic acid groups (broad SMARTS) is 1. The molecule has 0 atom stereocenters. The second-order valence-corrected chi connectivity index (χ2v) is 4.36. The monoisotopic (exact) mass is 285 g/mol. The number of anilines is 1. The van der Waals surface area contributed by atoms with E-state index in [-0.39, 0.29) is 17.9 Å². The highest BCUT2D eigenvalue weighted by atomic mass is 16.5. The first-order valence-electron chi connectivity index (χ1n) is 6.35. The molecule has 2 aromatic rings. The Kier molecular flexibility index (Phi) is 4.56. The molecule has 5 nitrogen and oxygen atoms in total. The molecule has 0 heterocycles. The van der Waals surface area contributed by atoms with Crippen molar-refractivity contribution in [2.45, 2.75) is 0 Å². The largest absolute Gasteiger partial charge is 0.497 e. The van der Waals surface area contributed by atoms with Crippen molar-refractivity contribution in [2.24, 2.45) is 0 Å². The summed E-state index contributed by atoms with van der Waals surface area (Å²) in [6.07, 6.45) is 0. The first-order valence-corrected chi connectivity index (χ1v) is 6.35. The van der Waals surface area contributed by atoms with Crippen LogP contribution in [0.2, 0.25) is 0 Å². The number of carbonyl (C=O) groups is 2. The van der Waals surface area contributed by atoms with Crippen LogP contribution in [0.1, 0.15) is 20.7 Å². The van der Waals surface area contributed by atoms with E-state index in [2.05, 4.69) is 5.32 Å². The zero-order chi connectivity index (χ0) is 15.2. The minimum Gasteiger partial charge on any atom is -0.497 e. The normalized spacial score (nSPS) is 9.95. The second kappa shape index (κ2) is 6.56. The van der Waals surface area contributed by atoms with Crippen LogP contribution < -0.4 is 10.1 Å². The molecule has 0 aliphatic rings. The maximum atomic E-state index is 12.0. The maximum Gasteiger partial charge on any atom is 0.337 e. The molecule has 0 radical (unpaired) electrons. The third-order valence-corrected chi connectivity index (χ3v) is 3.01. The van der Waals surface area contributed by atoms with Crippen molar-refractivity contribution in [1.82, 2.24) is 0 Å². The van der Waals surface area contributed by atoms with E-state index in [1.807, 2.05) is 0 Å². The van der Waals surface area contributed by atoms with Crippen molar-refractivity contribution in [3.05, 3.63) is 59.7 Å². The van der Waals surface area contributed by atoms with Gasteiger partial charge in [0.1, 0.15) is 5.75 Å². The number of carboxylic acids is 1. The molecule has 0 fully saturated rings. The van der Waals surface area contributed by atoms with Gasteiger partial charge in [-0.15, -0.1) is 0 Å². The molecular formula is C16H15NO4. The molecule has 2 N–H and O–H groups in total. The van der Waals surface area contributed by atoms with Crippen LogP contribution in [0, 0.1) is 0 Å². The minimum absolute atomic E-state index is 0.0244. The van der Waals surface area contributed by atoms with E-state index in [0.717, 1.165) is 0 Å². The Morgan fingerprint density at radius 1 is 1.10 bits per heavy atom. The van der Waals surface area contributed by atoms with Gasteiger partial charge in [-0.05, 0) is 36.4 Å². The Hall–Kier alpha value is -2.82. The number of Topliss-reactive ketones (excluding diaryl/α,β-unsaturated/α-hetero) is 1. The van der Waals surface area contributed by atoms with Gasteiger partial charge in [0.2, 0.25) is 0 Å². The number of nitrogens with one attached hydrogen (secondary N) is 1. The predicted octanol–water partition coefficient (Wildman–Crippen LogP) is 2.69. The van der Waals surface area contributed by atoms with Crippen LogP contribution in [0.15, 0.2) is 48.5 Å². The molecule has 0 saturated heterocycles. The number of hydrogen-bond donors (Lipinski definition) is 2. The number of benzene rings is 2. The molecule has 0 saturated carbocycles. The summed E-state index contributed by atoms with van der Waals surface area (Å²) in [5.41, 5.74) is 1.10. The van der Waals surface area contributed by atoms with E-state index in [1.165, 1.54) is 6.07 Å². The molecule has 0 amide bonds. The molecule has 2 aromatic carbocycles. The lowest BCUT2D eigenvalue weighted by atomic mass is 10.1. The number of rotatable bonds is 6. The summed E-state index contributed by atoms with van der Waals surface area (Å²) < 4.78 is 5.03. The van der Waals surface area contributed by atoms with Crippen LogP contribution in [0.3, 0.4) is 0 Å². The molecule has 0 aliphatic heterocycles. The highest BCUT2D eigenvalue weighted by Crippen LogP contribution is 2.16. The number of methoxy groups -OCH3 is 1. The predicted molar refractivity (Wildman–Crippen MR) is 79.2 cm³/mol. The SMILES string of the molecule is COc1ccc(C(=O)CNc2ccccc2C(=O)O)cc1. The molecule has 0 unspecified atom stereocenters. The third kappa shape index (κ3) is 3.60. The third-order valence-electron chi connectivity index (χ3n) is 3.01. The van der Waals surface area contributed by atoms with E-state index < -0.39 is 5.97 Å². The topological polar surface area (TPSA) is 75.6 Å². The van der Waals surface area contributed by atoms with Crippen LogP contribution >= 0.6 is 0 Å². The fourth-order valence-electron chi connectivity index (χ4n) is 1.88. The van der Waals surface area contributed by atoms with Gasteiger partial charge in [0.25, 0.3) is 0 Å². The van der Waals surface area contributed by atoms with Crippen molar-refractivity contribution in [3.63, 3.8) is 0 Å². The molecular weight excluding hydrogens is 270 g/mol. The summed E-state index contributed by atoms with van der Waals surface area (Å²) in [6.45, 7) is 0.0244. The Morgan fingerprint density at radius 3 is 2.38 bits per heavy atom. The second-order valence-electron chi connectivity index (χ2n) is 4.36. The Labute approximate surface area is 122 Å². The maximum absolute atomic E-state index is 12.0. The number of carbonyl (C=O) groups excluding carboxylic acids is 1. The van der Waals surface area contributed by atoms with Crippen molar-refractivity contribution >= 4 is 17.4 Å². The molecule has 108 valence electrons. The molecule has 0 aliphatic carbocycles. The van der Waals surface area contributed by atoms with Crippen LogP contribution in [0.4, 0.5) is 5.69 Å². The molecule has 0 bridgehead atoms. The number of ether oxygens (including phenoxy) is 1. The zero-order valence-electron chi connectivity index (χ0n) is 11.5. The molecule has 5 heteroatoms. The van der Waals surface area contributed by atoms with E-state index in [9.17, 15) is 9.59 Å². The number of ketones is 1. The molecule has 2 rings (SSSR count). The highest BCUT2D eigenvalue weighted by molar-refractivity contribution is 6.00. The lowest BCUT2D eigenvalue weighted by molar-refractivity contribution is 0.0697. The molecule has 21 heavy (non-hydrogen) atoms. The summed E-state index contributed by atoms with van der Waals surface area (Å²) in [6, 6.07) is 13.2.